The second-order valence-corrected chi connectivity index (χ2v) is 6.54. The average Bonchev–Trinajstić information content (AvgIpc) is 3.21. The van der Waals surface area contributed by atoms with Gasteiger partial charge in [0.1, 0.15) is 12.0 Å². The molecule has 2 aromatic heterocycles. The van der Waals surface area contributed by atoms with E-state index < -0.39 is 4.92 Å². The third kappa shape index (κ3) is 2.81. The Kier molecular flexibility index (Phi) is 3.62. The molecule has 0 radical (unpaired) electrons. The number of nitrogens with zero attached hydrogens (tertiary/aromatic N) is 2. The molecule has 0 spiro atoms. The van der Waals surface area contributed by atoms with Crippen LogP contribution in [0.25, 0.3) is 22.1 Å². The van der Waals surface area contributed by atoms with Gasteiger partial charge in [0, 0.05) is 21.4 Å². The number of nitro groups is 1. The first-order valence-electron chi connectivity index (χ1n) is 7.45. The molecule has 7 heteroatoms. The lowest BCUT2D eigenvalue weighted by Crippen LogP contribution is -2.04. The Bertz CT molecular complexity index is 1030. The van der Waals surface area contributed by atoms with Gasteiger partial charge in [0.05, 0.1) is 10.5 Å². The van der Waals surface area contributed by atoms with Gasteiger partial charge in [0.2, 0.25) is 0 Å². The maximum Gasteiger partial charge on any atom is 0.288 e. The molecular weight excluding hydrogens is 338 g/mol. The number of nitrogens with one attached hydrogen (secondary N) is 1. The number of thiophene rings is 1. The molecule has 0 bridgehead atoms. The van der Waals surface area contributed by atoms with E-state index in [9.17, 15) is 14.9 Å². The van der Waals surface area contributed by atoms with Gasteiger partial charge in [-0.15, -0.1) is 11.3 Å². The summed E-state index contributed by atoms with van der Waals surface area (Å²) in [7, 11) is 0. The Morgan fingerprint density at radius 3 is 2.72 bits per heavy atom. The molecule has 122 valence electrons. The van der Waals surface area contributed by atoms with Gasteiger partial charge in [-0.1, -0.05) is 30.3 Å². The topological polar surface area (TPSA) is 85.1 Å². The monoisotopic (exact) mass is 349 g/mol. The number of fused-ring (bicyclic) bond motifs is 1. The minimum atomic E-state index is -0.521. The first kappa shape index (κ1) is 15.2. The van der Waals surface area contributed by atoms with Crippen molar-refractivity contribution in [3.63, 3.8) is 0 Å². The van der Waals surface area contributed by atoms with Crippen molar-refractivity contribution in [3.05, 3.63) is 75.3 Å². The molecule has 1 N–H and O–H groups in total. The first-order chi connectivity index (χ1) is 12.1. The number of carbonyl (C=O) groups excluding carboxylic acids is 1. The van der Waals surface area contributed by atoms with Crippen molar-refractivity contribution >= 4 is 40.4 Å². The van der Waals surface area contributed by atoms with Crippen LogP contribution in [0.3, 0.4) is 0 Å². The van der Waals surface area contributed by atoms with Gasteiger partial charge in [-0.05, 0) is 23.8 Å². The van der Waals surface area contributed by atoms with E-state index in [0.29, 0.717) is 17.0 Å². The Hall–Kier alpha value is -3.32. The molecule has 3 aromatic rings. The Balaban J connectivity index is 1.74. The molecule has 0 fully saturated rings. The van der Waals surface area contributed by atoms with Crippen molar-refractivity contribution in [2.24, 2.45) is 0 Å². The second kappa shape index (κ2) is 5.95. The molecule has 0 aliphatic carbocycles. The first-order valence-corrected chi connectivity index (χ1v) is 8.26. The van der Waals surface area contributed by atoms with E-state index in [1.54, 1.807) is 17.4 Å². The predicted octanol–water partition coefficient (Wildman–Crippen LogP) is 4.21. The number of pyridine rings is 1. The van der Waals surface area contributed by atoms with Crippen molar-refractivity contribution < 1.29 is 9.72 Å². The van der Waals surface area contributed by atoms with E-state index in [-0.39, 0.29) is 11.6 Å². The molecule has 0 saturated heterocycles. The minimum Gasteiger partial charge on any atom is -0.306 e. The zero-order valence-corrected chi connectivity index (χ0v) is 13.6. The highest BCUT2D eigenvalue weighted by molar-refractivity contribution is 7.16. The van der Waals surface area contributed by atoms with Gasteiger partial charge >= 0.3 is 0 Å². The van der Waals surface area contributed by atoms with E-state index in [1.807, 2.05) is 42.5 Å². The SMILES string of the molecule is O=C1Nc2ncc([N+](=O)[O-])cc2C1=Cc1ccc(-c2ccccc2)s1. The molecule has 0 atom stereocenters. The van der Waals surface area contributed by atoms with Crippen LogP contribution in [0.1, 0.15) is 10.4 Å². The lowest BCUT2D eigenvalue weighted by atomic mass is 10.1. The fraction of sp³-hybridized carbons (Fsp3) is 0. The molecule has 6 nitrogen and oxygen atoms in total. The van der Waals surface area contributed by atoms with Gasteiger partial charge in [0.25, 0.3) is 11.6 Å². The van der Waals surface area contributed by atoms with Crippen LogP contribution in [0.2, 0.25) is 0 Å². The number of aromatic nitrogens is 1. The predicted molar refractivity (Wildman–Crippen MR) is 97.1 cm³/mol. The van der Waals surface area contributed by atoms with Gasteiger partial charge in [-0.3, -0.25) is 14.9 Å². The van der Waals surface area contributed by atoms with Crippen LogP contribution >= 0.6 is 11.3 Å². The Morgan fingerprint density at radius 2 is 1.96 bits per heavy atom. The number of carbonyl (C=O) groups is 1. The molecule has 1 aliphatic heterocycles. The lowest BCUT2D eigenvalue weighted by molar-refractivity contribution is -0.385. The maximum absolute atomic E-state index is 12.2. The molecule has 1 aliphatic rings. The zero-order valence-electron chi connectivity index (χ0n) is 12.8. The lowest BCUT2D eigenvalue weighted by Gasteiger charge is -1.97. The second-order valence-electron chi connectivity index (χ2n) is 5.43. The maximum atomic E-state index is 12.2. The summed E-state index contributed by atoms with van der Waals surface area (Å²) >= 11 is 1.55. The van der Waals surface area contributed by atoms with Crippen molar-refractivity contribution in [3.8, 4) is 10.4 Å². The quantitative estimate of drug-likeness (QED) is 0.436. The van der Waals surface area contributed by atoms with Gasteiger partial charge in [-0.2, -0.15) is 0 Å². The van der Waals surface area contributed by atoms with Crippen molar-refractivity contribution in [1.29, 1.82) is 0 Å². The summed E-state index contributed by atoms with van der Waals surface area (Å²) in [6.07, 6.45) is 2.88. The zero-order chi connectivity index (χ0) is 17.4. The van der Waals surface area contributed by atoms with Crippen molar-refractivity contribution in [1.82, 2.24) is 4.98 Å². The Labute approximate surface area is 146 Å². The summed E-state index contributed by atoms with van der Waals surface area (Å²) in [6, 6.07) is 15.2. The van der Waals surface area contributed by atoms with E-state index in [2.05, 4.69) is 10.3 Å². The fourth-order valence-corrected chi connectivity index (χ4v) is 3.59. The molecule has 0 saturated carbocycles. The van der Waals surface area contributed by atoms with Crippen LogP contribution in [-0.4, -0.2) is 15.8 Å². The number of rotatable bonds is 3. The fourth-order valence-electron chi connectivity index (χ4n) is 2.63. The third-order valence-corrected chi connectivity index (χ3v) is 4.90. The highest BCUT2D eigenvalue weighted by Gasteiger charge is 2.27. The van der Waals surface area contributed by atoms with Crippen LogP contribution in [0.15, 0.2) is 54.7 Å². The molecule has 4 rings (SSSR count). The van der Waals surface area contributed by atoms with E-state index in [0.717, 1.165) is 21.5 Å². The number of hydrogen-bond acceptors (Lipinski definition) is 5. The molecular formula is C18H11N3O3S. The highest BCUT2D eigenvalue weighted by Crippen LogP contribution is 2.36. The van der Waals surface area contributed by atoms with E-state index in [4.69, 9.17) is 0 Å². The van der Waals surface area contributed by atoms with Gasteiger partial charge in [0.15, 0.2) is 0 Å². The number of benzene rings is 1. The number of hydrogen-bond donors (Lipinski definition) is 1. The van der Waals surface area contributed by atoms with Crippen LogP contribution in [0, 0.1) is 10.1 Å². The van der Waals surface area contributed by atoms with Crippen LogP contribution < -0.4 is 5.32 Å². The number of amides is 1. The summed E-state index contributed by atoms with van der Waals surface area (Å²) in [5.41, 5.74) is 1.80. The van der Waals surface area contributed by atoms with E-state index >= 15 is 0 Å². The summed E-state index contributed by atoms with van der Waals surface area (Å²) in [6.45, 7) is 0. The number of anilines is 1. The van der Waals surface area contributed by atoms with Crippen LogP contribution in [-0.2, 0) is 4.79 Å². The molecule has 0 unspecified atom stereocenters. The summed E-state index contributed by atoms with van der Waals surface area (Å²) in [4.78, 5) is 28.6. The van der Waals surface area contributed by atoms with Crippen molar-refractivity contribution in [2.75, 3.05) is 5.32 Å². The highest BCUT2D eigenvalue weighted by atomic mass is 32.1. The molecule has 1 aromatic carbocycles. The molecule has 25 heavy (non-hydrogen) atoms. The smallest absolute Gasteiger partial charge is 0.288 e. The largest absolute Gasteiger partial charge is 0.306 e. The molecule has 3 heterocycles. The summed E-state index contributed by atoms with van der Waals surface area (Å²) in [5.74, 6) is 0.0411. The van der Waals surface area contributed by atoms with Crippen LogP contribution in [0.5, 0.6) is 0 Å². The normalized spacial score (nSPS) is 14.4. The van der Waals surface area contributed by atoms with E-state index in [1.165, 1.54) is 6.07 Å². The minimum absolute atomic E-state index is 0.141. The van der Waals surface area contributed by atoms with Crippen LogP contribution in [0.4, 0.5) is 11.5 Å². The Morgan fingerprint density at radius 1 is 1.16 bits per heavy atom. The van der Waals surface area contributed by atoms with Gasteiger partial charge in [-0.25, -0.2) is 4.98 Å². The average molecular weight is 349 g/mol. The molecule has 1 amide bonds. The summed E-state index contributed by atoms with van der Waals surface area (Å²) in [5, 5.41) is 13.6. The van der Waals surface area contributed by atoms with Gasteiger partial charge < -0.3 is 5.32 Å². The summed E-state index contributed by atoms with van der Waals surface area (Å²) < 4.78 is 0. The standard InChI is InChI=1S/C18H11N3O3S/c22-18-15(14-8-12(21(23)24)10-19-17(14)20-18)9-13-6-7-16(25-13)11-4-2-1-3-5-11/h1-10H,(H,19,20,22). The van der Waals surface area contributed by atoms with Crippen molar-refractivity contribution in [2.45, 2.75) is 0 Å². The third-order valence-electron chi connectivity index (χ3n) is 3.82.